The topological polar surface area (TPSA) is 99.5 Å². The minimum atomic E-state index is -0.456. The monoisotopic (exact) mass is 495 g/mol. The van der Waals surface area contributed by atoms with E-state index in [1.165, 1.54) is 0 Å². The van der Waals surface area contributed by atoms with E-state index >= 15 is 0 Å². The van der Waals surface area contributed by atoms with Gasteiger partial charge in [0, 0.05) is 43.7 Å². The number of nitrogens with zero attached hydrogens (tertiary/aromatic N) is 2. The molecule has 1 amide bonds. The second-order valence-electron chi connectivity index (χ2n) is 10.8. The molecular formula is C28H37N3O5. The van der Waals surface area contributed by atoms with Crippen molar-refractivity contribution in [1.29, 1.82) is 0 Å². The predicted octanol–water partition coefficient (Wildman–Crippen LogP) is 4.00. The molecule has 2 aromatic rings. The van der Waals surface area contributed by atoms with E-state index in [2.05, 4.69) is 5.32 Å². The van der Waals surface area contributed by atoms with E-state index in [1.54, 1.807) is 31.2 Å². The van der Waals surface area contributed by atoms with Gasteiger partial charge in [0.2, 0.25) is 0 Å². The first-order chi connectivity index (χ1) is 17.2. The number of aryl methyl sites for hydroxylation is 1. The number of amides is 1. The maximum absolute atomic E-state index is 13.1. The number of Topliss-reactive ketones (excluding diaryl/α,β-unsaturated/α-hetero) is 1. The molecule has 1 N–H and O–H groups in total. The Labute approximate surface area is 212 Å². The van der Waals surface area contributed by atoms with Gasteiger partial charge in [-0.3, -0.25) is 14.3 Å². The highest BCUT2D eigenvalue weighted by Gasteiger charge is 2.40. The van der Waals surface area contributed by atoms with Gasteiger partial charge in [0.15, 0.2) is 5.78 Å². The molecule has 0 radical (unpaired) electrons. The van der Waals surface area contributed by atoms with Gasteiger partial charge in [0.05, 0.1) is 29.1 Å². The molecule has 1 spiro atoms. The van der Waals surface area contributed by atoms with Crippen LogP contribution in [-0.4, -0.2) is 53.8 Å². The average molecular weight is 496 g/mol. The van der Waals surface area contributed by atoms with E-state index in [1.807, 2.05) is 25.5 Å². The quantitative estimate of drug-likeness (QED) is 0.439. The highest BCUT2D eigenvalue weighted by Crippen LogP contribution is 2.38. The summed E-state index contributed by atoms with van der Waals surface area (Å²) in [4.78, 5) is 37.8. The average Bonchev–Trinajstić information content (AvgIpc) is 3.14. The Morgan fingerprint density at radius 1 is 1.19 bits per heavy atom. The van der Waals surface area contributed by atoms with Crippen LogP contribution in [0, 0.1) is 10.8 Å². The van der Waals surface area contributed by atoms with Crippen molar-refractivity contribution in [3.8, 4) is 0 Å². The van der Waals surface area contributed by atoms with Crippen molar-refractivity contribution in [2.24, 2.45) is 10.8 Å². The summed E-state index contributed by atoms with van der Waals surface area (Å²) >= 11 is 0. The lowest BCUT2D eigenvalue weighted by molar-refractivity contribution is 0.0145. The van der Waals surface area contributed by atoms with Gasteiger partial charge in [0.1, 0.15) is 0 Å². The van der Waals surface area contributed by atoms with Crippen LogP contribution in [0.5, 0.6) is 0 Å². The molecule has 8 nitrogen and oxygen atoms in total. The fourth-order valence-corrected chi connectivity index (χ4v) is 5.12. The summed E-state index contributed by atoms with van der Waals surface area (Å²) in [6.07, 6.45) is 3.62. The molecule has 1 aromatic carbocycles. The Kier molecular flexibility index (Phi) is 7.64. The van der Waals surface area contributed by atoms with Gasteiger partial charge in [0.25, 0.3) is 5.91 Å². The number of rotatable bonds is 8. The molecule has 36 heavy (non-hydrogen) atoms. The fourth-order valence-electron chi connectivity index (χ4n) is 5.12. The summed E-state index contributed by atoms with van der Waals surface area (Å²) in [5, 5.41) is 7.98. The zero-order valence-electron chi connectivity index (χ0n) is 21.8. The Balaban J connectivity index is 1.52. The molecule has 0 unspecified atom stereocenters. The fraction of sp³-hybridized carbons (Fsp3) is 0.571. The molecule has 0 atom stereocenters. The molecular weight excluding hydrogens is 458 g/mol. The number of carbonyl (C=O) groups is 3. The van der Waals surface area contributed by atoms with Gasteiger partial charge in [-0.25, -0.2) is 4.79 Å². The van der Waals surface area contributed by atoms with Gasteiger partial charge in [-0.1, -0.05) is 39.8 Å². The first-order valence-electron chi connectivity index (χ1n) is 12.9. The van der Waals surface area contributed by atoms with Gasteiger partial charge < -0.3 is 14.8 Å². The number of hydrogen-bond acceptors (Lipinski definition) is 6. The summed E-state index contributed by atoms with van der Waals surface area (Å²) < 4.78 is 13.2. The third kappa shape index (κ3) is 5.53. The molecule has 194 valence electrons. The van der Waals surface area contributed by atoms with Crippen molar-refractivity contribution in [2.45, 2.75) is 66.3 Å². The van der Waals surface area contributed by atoms with E-state index < -0.39 is 11.4 Å². The van der Waals surface area contributed by atoms with Crippen LogP contribution in [0.1, 0.15) is 89.4 Å². The van der Waals surface area contributed by atoms with Crippen LogP contribution in [0.25, 0.3) is 0 Å². The third-order valence-electron chi connectivity index (χ3n) is 7.33. The van der Waals surface area contributed by atoms with Crippen LogP contribution >= 0.6 is 0 Å². The van der Waals surface area contributed by atoms with Gasteiger partial charge >= 0.3 is 5.97 Å². The number of esters is 1. The Bertz CT molecular complexity index is 1140. The molecule has 0 aliphatic carbocycles. The Hall–Kier alpha value is -3.00. The van der Waals surface area contributed by atoms with Crippen LogP contribution in [0.2, 0.25) is 0 Å². The summed E-state index contributed by atoms with van der Waals surface area (Å²) in [6, 6.07) is 6.67. The summed E-state index contributed by atoms with van der Waals surface area (Å²) in [5.74, 6) is -0.521. The lowest BCUT2D eigenvalue weighted by atomic mass is 9.76. The van der Waals surface area contributed by atoms with Crippen LogP contribution in [-0.2, 0) is 28.9 Å². The molecule has 0 bridgehead atoms. The molecule has 2 aliphatic heterocycles. The highest BCUT2D eigenvalue weighted by atomic mass is 16.5. The molecule has 1 aromatic heterocycles. The van der Waals surface area contributed by atoms with Crippen molar-refractivity contribution in [2.75, 3.05) is 26.4 Å². The van der Waals surface area contributed by atoms with E-state index in [0.29, 0.717) is 55.8 Å². The Morgan fingerprint density at radius 2 is 1.92 bits per heavy atom. The zero-order valence-corrected chi connectivity index (χ0v) is 21.8. The predicted molar refractivity (Wildman–Crippen MR) is 135 cm³/mol. The number of fused-ring (bicyclic) bond motifs is 1. The summed E-state index contributed by atoms with van der Waals surface area (Å²) in [5.41, 5.74) is 2.89. The van der Waals surface area contributed by atoms with Gasteiger partial charge in [-0.15, -0.1) is 0 Å². The molecule has 8 heteroatoms. The molecule has 1 saturated heterocycles. The largest absolute Gasteiger partial charge is 0.461 e. The van der Waals surface area contributed by atoms with Gasteiger partial charge in [-0.2, -0.15) is 5.10 Å². The van der Waals surface area contributed by atoms with Crippen LogP contribution in [0.15, 0.2) is 24.3 Å². The molecule has 0 saturated carbocycles. The highest BCUT2D eigenvalue weighted by molar-refractivity contribution is 5.99. The first kappa shape index (κ1) is 26.1. The molecule has 2 aliphatic rings. The van der Waals surface area contributed by atoms with Crippen molar-refractivity contribution >= 4 is 17.7 Å². The van der Waals surface area contributed by atoms with Gasteiger partial charge in [-0.05, 0) is 43.2 Å². The number of hydrogen-bond donors (Lipinski definition) is 1. The Morgan fingerprint density at radius 3 is 2.61 bits per heavy atom. The smallest absolute Gasteiger partial charge is 0.338 e. The molecule has 4 rings (SSSR count). The summed E-state index contributed by atoms with van der Waals surface area (Å²) in [7, 11) is 0. The van der Waals surface area contributed by atoms with Crippen molar-refractivity contribution in [1.82, 2.24) is 15.1 Å². The van der Waals surface area contributed by atoms with E-state index in [0.717, 1.165) is 30.7 Å². The zero-order chi connectivity index (χ0) is 25.9. The number of ether oxygens (including phenoxy) is 2. The standard InChI is InChI=1S/C28H37N3O5/c1-5-21-24-22(15-28(16-29-25(24)33)10-12-35-13-11-28)31(30-21)17-27(3,4)18-36-26(34)20-9-7-8-19(14-20)23(32)6-2/h7-9,14H,5-6,10-13,15-18H2,1-4H3,(H,29,33). The second-order valence-corrected chi connectivity index (χ2v) is 10.8. The molecule has 1 fully saturated rings. The van der Waals surface area contributed by atoms with Crippen LogP contribution in [0.4, 0.5) is 0 Å². The van der Waals surface area contributed by atoms with Crippen molar-refractivity contribution in [3.63, 3.8) is 0 Å². The lowest BCUT2D eigenvalue weighted by Gasteiger charge is -2.36. The summed E-state index contributed by atoms with van der Waals surface area (Å²) in [6.45, 7) is 10.6. The maximum Gasteiger partial charge on any atom is 0.338 e. The van der Waals surface area contributed by atoms with Crippen molar-refractivity contribution in [3.05, 3.63) is 52.3 Å². The third-order valence-corrected chi connectivity index (χ3v) is 7.33. The maximum atomic E-state index is 13.1. The first-order valence-corrected chi connectivity index (χ1v) is 12.9. The number of benzene rings is 1. The number of carbonyl (C=O) groups excluding carboxylic acids is 3. The minimum Gasteiger partial charge on any atom is -0.461 e. The number of aromatic nitrogens is 2. The SMILES string of the molecule is CCC(=O)c1cccc(C(=O)OCC(C)(C)Cn2nc(CC)c3c2CC2(CCOCC2)CNC3=O)c1. The van der Waals surface area contributed by atoms with Crippen LogP contribution < -0.4 is 5.32 Å². The number of ketones is 1. The normalized spacial score (nSPS) is 17.3. The van der Waals surface area contributed by atoms with E-state index in [9.17, 15) is 14.4 Å². The van der Waals surface area contributed by atoms with Crippen molar-refractivity contribution < 1.29 is 23.9 Å². The lowest BCUT2D eigenvalue weighted by Crippen LogP contribution is -2.41. The minimum absolute atomic E-state index is 0.0116. The molecule has 3 heterocycles. The van der Waals surface area contributed by atoms with Crippen LogP contribution in [0.3, 0.4) is 0 Å². The second kappa shape index (κ2) is 10.5. The van der Waals surface area contributed by atoms with E-state index in [-0.39, 0.29) is 23.7 Å². The number of nitrogens with one attached hydrogen (secondary N) is 1. The van der Waals surface area contributed by atoms with E-state index in [4.69, 9.17) is 14.6 Å².